The lowest BCUT2D eigenvalue weighted by Gasteiger charge is -2.36. The summed E-state index contributed by atoms with van der Waals surface area (Å²) in [5.74, 6) is 0.384. The summed E-state index contributed by atoms with van der Waals surface area (Å²) >= 11 is 0. The topological polar surface area (TPSA) is 95.4 Å². The van der Waals surface area contributed by atoms with Gasteiger partial charge in [-0.15, -0.1) is 0 Å². The molecule has 8 heteroatoms. The third-order valence-electron chi connectivity index (χ3n) is 3.48. The van der Waals surface area contributed by atoms with E-state index in [1.165, 1.54) is 16.7 Å². The maximum atomic E-state index is 12.6. The zero-order chi connectivity index (χ0) is 14.6. The number of nitrogens with zero attached hydrogens (tertiary/aromatic N) is 3. The van der Waals surface area contributed by atoms with Crippen molar-refractivity contribution in [1.29, 1.82) is 0 Å². The molecule has 0 amide bonds. The van der Waals surface area contributed by atoms with Crippen molar-refractivity contribution in [3.8, 4) is 0 Å². The first-order chi connectivity index (χ1) is 9.59. The number of aliphatic hydroxyl groups excluding tert-OH is 1. The molecule has 2 N–H and O–H groups in total. The van der Waals surface area contributed by atoms with E-state index in [2.05, 4.69) is 15.3 Å². The average Bonchev–Trinajstić information content (AvgIpc) is 2.41. The van der Waals surface area contributed by atoms with Gasteiger partial charge in [0.15, 0.2) is 0 Å². The molecule has 0 spiro atoms. The van der Waals surface area contributed by atoms with Gasteiger partial charge < -0.3 is 10.4 Å². The van der Waals surface area contributed by atoms with E-state index in [1.54, 1.807) is 7.05 Å². The fourth-order valence-electron chi connectivity index (χ4n) is 2.11. The van der Waals surface area contributed by atoms with Crippen molar-refractivity contribution in [3.63, 3.8) is 0 Å². The maximum absolute atomic E-state index is 12.6. The van der Waals surface area contributed by atoms with Crippen molar-refractivity contribution < 1.29 is 13.5 Å². The van der Waals surface area contributed by atoms with Crippen molar-refractivity contribution >= 4 is 16.0 Å². The monoisotopic (exact) mass is 300 g/mol. The van der Waals surface area contributed by atoms with Crippen LogP contribution in [0.15, 0.2) is 17.3 Å². The number of anilines is 1. The fourth-order valence-corrected chi connectivity index (χ4v) is 3.73. The van der Waals surface area contributed by atoms with Gasteiger partial charge >= 0.3 is 0 Å². The normalized spacial score (nSPS) is 16.1. The Labute approximate surface area is 119 Å². The molecule has 0 radical (unpaired) electrons. The Bertz CT molecular complexity index is 528. The Morgan fingerprint density at radius 1 is 1.40 bits per heavy atom. The molecule has 0 aromatic carbocycles. The van der Waals surface area contributed by atoms with Crippen LogP contribution in [0.2, 0.25) is 0 Å². The molecule has 1 aliphatic carbocycles. The second-order valence-electron chi connectivity index (χ2n) is 4.77. The summed E-state index contributed by atoms with van der Waals surface area (Å²) in [7, 11) is -1.92. The Balaban J connectivity index is 2.23. The quantitative estimate of drug-likeness (QED) is 0.759. The van der Waals surface area contributed by atoms with E-state index in [9.17, 15) is 8.42 Å². The molecule has 1 aromatic heterocycles. The minimum absolute atomic E-state index is 0.0199. The lowest BCUT2D eigenvalue weighted by molar-refractivity contribution is 0.198. The Morgan fingerprint density at radius 3 is 2.50 bits per heavy atom. The molecule has 0 atom stereocenters. The molecule has 1 saturated carbocycles. The molecule has 1 aromatic rings. The average molecular weight is 300 g/mol. The van der Waals surface area contributed by atoms with Gasteiger partial charge in [-0.3, -0.25) is 0 Å². The lowest BCUT2D eigenvalue weighted by Crippen LogP contribution is -2.44. The van der Waals surface area contributed by atoms with Crippen LogP contribution in [-0.4, -0.2) is 54.0 Å². The van der Waals surface area contributed by atoms with Crippen LogP contribution in [0.25, 0.3) is 0 Å². The number of hydrogen-bond donors (Lipinski definition) is 2. The van der Waals surface area contributed by atoms with Gasteiger partial charge in [-0.1, -0.05) is 6.42 Å². The minimum Gasteiger partial charge on any atom is -0.396 e. The molecule has 7 nitrogen and oxygen atoms in total. The number of sulfonamides is 1. The third-order valence-corrected chi connectivity index (χ3v) is 5.38. The van der Waals surface area contributed by atoms with Crippen LogP contribution in [-0.2, 0) is 10.0 Å². The molecular weight excluding hydrogens is 280 g/mol. The summed E-state index contributed by atoms with van der Waals surface area (Å²) in [6, 6.07) is 0.0375. The van der Waals surface area contributed by atoms with E-state index < -0.39 is 10.0 Å². The van der Waals surface area contributed by atoms with Gasteiger partial charge in [-0.05, 0) is 19.3 Å². The second kappa shape index (κ2) is 6.47. The SMILES string of the molecule is CNc1ncc(S(=O)(=O)N(CCCO)C2CCC2)cn1. The molecule has 0 aliphatic heterocycles. The van der Waals surface area contributed by atoms with Crippen LogP contribution in [0.5, 0.6) is 0 Å². The van der Waals surface area contributed by atoms with E-state index in [0.29, 0.717) is 18.9 Å². The minimum atomic E-state index is -3.59. The highest BCUT2D eigenvalue weighted by atomic mass is 32.2. The molecule has 1 heterocycles. The largest absolute Gasteiger partial charge is 0.396 e. The number of rotatable bonds is 7. The van der Waals surface area contributed by atoms with Crippen molar-refractivity contribution in [1.82, 2.24) is 14.3 Å². The Hall–Kier alpha value is -1.25. The zero-order valence-electron chi connectivity index (χ0n) is 11.5. The number of aliphatic hydroxyl groups is 1. The van der Waals surface area contributed by atoms with Crippen LogP contribution in [0.3, 0.4) is 0 Å². The number of hydrogen-bond acceptors (Lipinski definition) is 6. The summed E-state index contributed by atoms with van der Waals surface area (Å²) in [5, 5.41) is 11.7. The maximum Gasteiger partial charge on any atom is 0.246 e. The smallest absolute Gasteiger partial charge is 0.246 e. The highest BCUT2D eigenvalue weighted by Crippen LogP contribution is 2.29. The third kappa shape index (κ3) is 3.08. The van der Waals surface area contributed by atoms with E-state index in [4.69, 9.17) is 5.11 Å². The van der Waals surface area contributed by atoms with Crippen molar-refractivity contribution in [3.05, 3.63) is 12.4 Å². The van der Waals surface area contributed by atoms with Gasteiger partial charge in [0.25, 0.3) is 0 Å². The van der Waals surface area contributed by atoms with Gasteiger partial charge in [0.2, 0.25) is 16.0 Å². The molecule has 112 valence electrons. The second-order valence-corrected chi connectivity index (χ2v) is 6.66. The number of nitrogens with one attached hydrogen (secondary N) is 1. The molecule has 2 rings (SSSR count). The summed E-state index contributed by atoms with van der Waals surface area (Å²) in [5.41, 5.74) is 0. The van der Waals surface area contributed by atoms with Crippen LogP contribution in [0.4, 0.5) is 5.95 Å². The first kappa shape index (κ1) is 15.1. The summed E-state index contributed by atoms with van der Waals surface area (Å²) < 4.78 is 26.7. The first-order valence-electron chi connectivity index (χ1n) is 6.72. The van der Waals surface area contributed by atoms with E-state index in [1.807, 2.05) is 0 Å². The van der Waals surface area contributed by atoms with Gasteiger partial charge in [-0.25, -0.2) is 18.4 Å². The van der Waals surface area contributed by atoms with Gasteiger partial charge in [0, 0.05) is 26.2 Å². The Kier molecular flexibility index (Phi) is 4.90. The molecule has 0 saturated heterocycles. The predicted molar refractivity (Wildman–Crippen MR) is 74.8 cm³/mol. The first-order valence-corrected chi connectivity index (χ1v) is 8.16. The summed E-state index contributed by atoms with van der Waals surface area (Å²) in [6.07, 6.45) is 5.87. The Morgan fingerprint density at radius 2 is 2.05 bits per heavy atom. The molecule has 20 heavy (non-hydrogen) atoms. The van der Waals surface area contributed by atoms with Crippen molar-refractivity contribution in [2.24, 2.45) is 0 Å². The standard InChI is InChI=1S/C12H20N4O3S/c1-13-12-14-8-11(9-15-12)20(18,19)16(6-3-7-17)10-4-2-5-10/h8-10,17H,2-7H2,1H3,(H,13,14,15). The molecular formula is C12H20N4O3S. The summed E-state index contributed by atoms with van der Waals surface area (Å²) in [4.78, 5) is 8.00. The fraction of sp³-hybridized carbons (Fsp3) is 0.667. The van der Waals surface area contributed by atoms with Crippen LogP contribution >= 0.6 is 0 Å². The highest BCUT2D eigenvalue weighted by molar-refractivity contribution is 7.89. The molecule has 0 unspecified atom stereocenters. The molecule has 1 aliphatic rings. The van der Waals surface area contributed by atoms with Crippen LogP contribution in [0, 0.1) is 0 Å². The predicted octanol–water partition coefficient (Wildman–Crippen LogP) is 0.444. The molecule has 1 fully saturated rings. The highest BCUT2D eigenvalue weighted by Gasteiger charge is 2.34. The molecule has 0 bridgehead atoms. The number of aromatic nitrogens is 2. The van der Waals surface area contributed by atoms with Gasteiger partial charge in [0.1, 0.15) is 4.90 Å². The van der Waals surface area contributed by atoms with E-state index in [-0.39, 0.29) is 17.5 Å². The lowest BCUT2D eigenvalue weighted by atomic mass is 9.93. The van der Waals surface area contributed by atoms with Gasteiger partial charge in [0.05, 0.1) is 12.4 Å². The zero-order valence-corrected chi connectivity index (χ0v) is 12.3. The van der Waals surface area contributed by atoms with E-state index in [0.717, 1.165) is 19.3 Å². The van der Waals surface area contributed by atoms with Crippen LogP contribution in [0.1, 0.15) is 25.7 Å². The summed E-state index contributed by atoms with van der Waals surface area (Å²) in [6.45, 7) is 0.311. The van der Waals surface area contributed by atoms with E-state index >= 15 is 0 Å². The van der Waals surface area contributed by atoms with Gasteiger partial charge in [-0.2, -0.15) is 4.31 Å². The van der Waals surface area contributed by atoms with Crippen molar-refractivity contribution in [2.45, 2.75) is 36.6 Å². The van der Waals surface area contributed by atoms with Crippen LogP contribution < -0.4 is 5.32 Å². The van der Waals surface area contributed by atoms with Crippen molar-refractivity contribution in [2.75, 3.05) is 25.5 Å².